The Morgan fingerprint density at radius 3 is 2.73 bits per heavy atom. The Hall–Kier alpha value is -0.800. The van der Waals surface area contributed by atoms with Crippen molar-refractivity contribution in [3.05, 3.63) is 23.7 Å². The molecule has 0 saturated heterocycles. The van der Waals surface area contributed by atoms with E-state index >= 15 is 0 Å². The number of rotatable bonds is 6. The molecular weight excluding hydrogens is 188 g/mol. The number of hydrogen-bond donors (Lipinski definition) is 1. The Morgan fingerprint density at radius 1 is 1.40 bits per heavy atom. The lowest BCUT2D eigenvalue weighted by molar-refractivity contribution is 0.350. The fraction of sp³-hybridized carbons (Fsp3) is 0.667. The van der Waals surface area contributed by atoms with Crippen molar-refractivity contribution in [3.8, 4) is 0 Å². The second-order valence-corrected chi connectivity index (χ2v) is 4.68. The van der Waals surface area contributed by atoms with Gasteiger partial charge in [-0.3, -0.25) is 0 Å². The Labute approximate surface area is 92.5 Å². The van der Waals surface area contributed by atoms with Crippen molar-refractivity contribution < 1.29 is 4.42 Å². The van der Waals surface area contributed by atoms with Gasteiger partial charge in [-0.05, 0) is 32.6 Å². The van der Waals surface area contributed by atoms with Crippen LogP contribution in [0.3, 0.4) is 0 Å². The molecule has 0 unspecified atom stereocenters. The molecule has 15 heavy (non-hydrogen) atoms. The maximum atomic E-state index is 5.45. The highest BCUT2D eigenvalue weighted by Gasteiger charge is 2.02. The van der Waals surface area contributed by atoms with Crippen molar-refractivity contribution >= 4 is 0 Å². The third-order valence-electron chi connectivity index (χ3n) is 2.06. The maximum Gasteiger partial charge on any atom is 0.118 e. The third kappa shape index (κ3) is 5.00. The Kier molecular flexibility index (Phi) is 4.85. The average molecular weight is 210 g/mol. The summed E-state index contributed by atoms with van der Waals surface area (Å²) in [6.07, 6.45) is 1.84. The first-order chi connectivity index (χ1) is 7.08. The Morgan fingerprint density at radius 2 is 2.13 bits per heavy atom. The molecule has 0 saturated carbocycles. The van der Waals surface area contributed by atoms with E-state index in [0.29, 0.717) is 5.92 Å². The Bertz CT molecular complexity index is 279. The van der Waals surface area contributed by atoms with Crippen molar-refractivity contribution in [2.45, 2.75) is 26.9 Å². The van der Waals surface area contributed by atoms with E-state index in [0.717, 1.165) is 25.4 Å². The molecule has 1 heterocycles. The van der Waals surface area contributed by atoms with E-state index in [2.05, 4.69) is 30.1 Å². The van der Waals surface area contributed by atoms with Crippen LogP contribution in [-0.4, -0.2) is 25.5 Å². The molecule has 0 bridgehead atoms. The molecule has 0 spiro atoms. The van der Waals surface area contributed by atoms with Gasteiger partial charge >= 0.3 is 0 Å². The molecule has 1 aromatic rings. The summed E-state index contributed by atoms with van der Waals surface area (Å²) in [5, 5.41) is 3.39. The summed E-state index contributed by atoms with van der Waals surface area (Å²) in [6, 6.07) is 2.12. The van der Waals surface area contributed by atoms with E-state index < -0.39 is 0 Å². The zero-order chi connectivity index (χ0) is 11.3. The molecule has 3 nitrogen and oxygen atoms in total. The standard InChI is InChI=1S/C12H22N2O/c1-10(2)6-13-7-11-5-12(15-9-11)8-14(3)4/h5,9-10,13H,6-8H2,1-4H3. The molecule has 0 fully saturated rings. The fourth-order valence-electron chi connectivity index (χ4n) is 1.42. The highest BCUT2D eigenvalue weighted by molar-refractivity contribution is 5.12. The second kappa shape index (κ2) is 5.93. The largest absolute Gasteiger partial charge is 0.468 e. The molecule has 1 aromatic heterocycles. The number of nitrogens with one attached hydrogen (secondary N) is 1. The summed E-state index contributed by atoms with van der Waals surface area (Å²) < 4.78 is 5.45. The van der Waals surface area contributed by atoms with Gasteiger partial charge in [0.05, 0.1) is 12.8 Å². The molecule has 0 aromatic carbocycles. The molecule has 86 valence electrons. The molecule has 3 heteroatoms. The van der Waals surface area contributed by atoms with E-state index in [1.807, 2.05) is 20.4 Å². The number of nitrogens with zero attached hydrogens (tertiary/aromatic N) is 1. The maximum absolute atomic E-state index is 5.45. The number of furan rings is 1. The van der Waals surface area contributed by atoms with Crippen molar-refractivity contribution in [1.29, 1.82) is 0 Å². The van der Waals surface area contributed by atoms with Gasteiger partial charge in [0.15, 0.2) is 0 Å². The van der Waals surface area contributed by atoms with Crippen LogP contribution in [0.25, 0.3) is 0 Å². The van der Waals surface area contributed by atoms with Gasteiger partial charge in [-0.2, -0.15) is 0 Å². The van der Waals surface area contributed by atoms with Crippen molar-refractivity contribution in [1.82, 2.24) is 10.2 Å². The van der Waals surface area contributed by atoms with Gasteiger partial charge in [0.1, 0.15) is 5.76 Å². The van der Waals surface area contributed by atoms with Gasteiger partial charge in [-0.15, -0.1) is 0 Å². The van der Waals surface area contributed by atoms with Crippen LogP contribution in [0.15, 0.2) is 16.7 Å². The van der Waals surface area contributed by atoms with E-state index in [9.17, 15) is 0 Å². The van der Waals surface area contributed by atoms with Crippen LogP contribution >= 0.6 is 0 Å². The van der Waals surface area contributed by atoms with Crippen LogP contribution in [0.4, 0.5) is 0 Å². The molecule has 0 aliphatic heterocycles. The third-order valence-corrected chi connectivity index (χ3v) is 2.06. The second-order valence-electron chi connectivity index (χ2n) is 4.68. The smallest absolute Gasteiger partial charge is 0.118 e. The van der Waals surface area contributed by atoms with Crippen LogP contribution < -0.4 is 5.32 Å². The highest BCUT2D eigenvalue weighted by Crippen LogP contribution is 2.09. The van der Waals surface area contributed by atoms with Gasteiger partial charge in [-0.25, -0.2) is 0 Å². The summed E-state index contributed by atoms with van der Waals surface area (Å²) in [6.45, 7) is 7.23. The Balaban J connectivity index is 2.33. The number of hydrogen-bond acceptors (Lipinski definition) is 3. The van der Waals surface area contributed by atoms with Gasteiger partial charge in [0, 0.05) is 12.1 Å². The molecule has 0 aliphatic carbocycles. The predicted octanol–water partition coefficient (Wildman–Crippen LogP) is 2.09. The first kappa shape index (κ1) is 12.3. The lowest BCUT2D eigenvalue weighted by Gasteiger charge is -2.05. The molecule has 0 amide bonds. The molecule has 0 aliphatic rings. The van der Waals surface area contributed by atoms with Gasteiger partial charge < -0.3 is 14.6 Å². The predicted molar refractivity (Wildman–Crippen MR) is 62.6 cm³/mol. The van der Waals surface area contributed by atoms with E-state index in [4.69, 9.17) is 4.42 Å². The first-order valence-electron chi connectivity index (χ1n) is 5.49. The molecular formula is C12H22N2O. The van der Waals surface area contributed by atoms with Crippen LogP contribution in [0, 0.1) is 5.92 Å². The van der Waals surface area contributed by atoms with Crippen molar-refractivity contribution in [2.75, 3.05) is 20.6 Å². The molecule has 0 radical (unpaired) electrons. The van der Waals surface area contributed by atoms with Gasteiger partial charge in [-0.1, -0.05) is 13.8 Å². The SMILES string of the molecule is CC(C)CNCc1coc(CN(C)C)c1. The summed E-state index contributed by atoms with van der Waals surface area (Å²) >= 11 is 0. The first-order valence-corrected chi connectivity index (χ1v) is 5.49. The molecule has 1 N–H and O–H groups in total. The quantitative estimate of drug-likeness (QED) is 0.779. The summed E-state index contributed by atoms with van der Waals surface area (Å²) in [5.41, 5.74) is 1.23. The van der Waals surface area contributed by atoms with Crippen LogP contribution in [0.2, 0.25) is 0 Å². The lowest BCUT2D eigenvalue weighted by Crippen LogP contribution is -2.18. The van der Waals surface area contributed by atoms with Crippen molar-refractivity contribution in [2.24, 2.45) is 5.92 Å². The van der Waals surface area contributed by atoms with E-state index in [1.165, 1.54) is 5.56 Å². The topological polar surface area (TPSA) is 28.4 Å². The summed E-state index contributed by atoms with van der Waals surface area (Å²) in [7, 11) is 4.08. The van der Waals surface area contributed by atoms with Crippen molar-refractivity contribution in [3.63, 3.8) is 0 Å². The zero-order valence-corrected chi connectivity index (χ0v) is 10.2. The lowest BCUT2D eigenvalue weighted by atomic mass is 10.2. The minimum Gasteiger partial charge on any atom is -0.468 e. The van der Waals surface area contributed by atoms with Gasteiger partial charge in [0.2, 0.25) is 0 Å². The normalized spacial score (nSPS) is 11.6. The highest BCUT2D eigenvalue weighted by atomic mass is 16.3. The minimum absolute atomic E-state index is 0.693. The van der Waals surface area contributed by atoms with E-state index in [1.54, 1.807) is 0 Å². The molecule has 1 rings (SSSR count). The summed E-state index contributed by atoms with van der Waals surface area (Å²) in [5.74, 6) is 1.72. The summed E-state index contributed by atoms with van der Waals surface area (Å²) in [4.78, 5) is 2.10. The minimum atomic E-state index is 0.693. The fourth-order valence-corrected chi connectivity index (χ4v) is 1.42. The van der Waals surface area contributed by atoms with Crippen LogP contribution in [0.1, 0.15) is 25.2 Å². The molecule has 0 atom stereocenters. The average Bonchev–Trinajstić information content (AvgIpc) is 2.50. The zero-order valence-electron chi connectivity index (χ0n) is 10.2. The van der Waals surface area contributed by atoms with Gasteiger partial charge in [0.25, 0.3) is 0 Å². The van der Waals surface area contributed by atoms with E-state index in [-0.39, 0.29) is 0 Å². The van der Waals surface area contributed by atoms with Crippen LogP contribution in [-0.2, 0) is 13.1 Å². The monoisotopic (exact) mass is 210 g/mol. The van der Waals surface area contributed by atoms with Crippen LogP contribution in [0.5, 0.6) is 0 Å².